The molecule has 3 heterocycles. The van der Waals surface area contributed by atoms with E-state index in [9.17, 15) is 4.11 Å². The molecule has 0 bridgehead atoms. The first-order valence-electron chi connectivity index (χ1n) is 22.1. The molecule has 9 rings (SSSR count). The number of para-hydroxylation sites is 1. The molecule has 0 aliphatic heterocycles. The number of benzene rings is 6. The summed E-state index contributed by atoms with van der Waals surface area (Å²) in [4.78, 5) is 13.4. The molecular weight excluding hydrogens is 559 g/mol. The highest BCUT2D eigenvalue weighted by Gasteiger charge is 2.18. The fourth-order valence-electron chi connectivity index (χ4n) is 4.90. The molecule has 0 radical (unpaired) electrons. The molecule has 44 heavy (non-hydrogen) atoms. The van der Waals surface area contributed by atoms with Gasteiger partial charge in [-0.1, -0.05) is 115 Å². The summed E-state index contributed by atoms with van der Waals surface area (Å²) in [6.07, 6.45) is 0. The van der Waals surface area contributed by atoms with E-state index >= 15 is 0 Å². The highest BCUT2D eigenvalue weighted by molar-refractivity contribution is 7.26. The lowest BCUT2D eigenvalue weighted by atomic mass is 10.0. The van der Waals surface area contributed by atoms with Crippen LogP contribution in [0.5, 0.6) is 0 Å². The Morgan fingerprint density at radius 2 is 1.23 bits per heavy atom. The first-order valence-corrected chi connectivity index (χ1v) is 13.9. The SMILES string of the molecule is [2H]c1c([2H])c([2H])c(-c2nc(-c3c([2H])c([2H])c4c(oc5c(-c6ccccc6)c([2H])c([2H])c([2H])c54)c3[2H])nc(-c3c([2H])c([2H])c([2H])c4c3sc3c([2H])c([2H])c([2H])c([2H])c34)n2)c([2H])c1[2H]. The monoisotopic (exact) mass is 599 g/mol. The van der Waals surface area contributed by atoms with E-state index in [0.717, 1.165) is 11.3 Å². The minimum Gasteiger partial charge on any atom is -0.455 e. The molecule has 0 spiro atoms. The van der Waals surface area contributed by atoms with Gasteiger partial charge in [0.05, 0.1) is 24.7 Å². The van der Waals surface area contributed by atoms with Gasteiger partial charge in [0.25, 0.3) is 0 Å². The van der Waals surface area contributed by atoms with E-state index in [2.05, 4.69) is 15.0 Å². The first kappa shape index (κ1) is 12.9. The first-order chi connectivity index (χ1) is 29.3. The van der Waals surface area contributed by atoms with Gasteiger partial charge in [-0.2, -0.15) is 0 Å². The van der Waals surface area contributed by atoms with Crippen molar-refractivity contribution in [1.82, 2.24) is 15.0 Å². The Hall–Kier alpha value is -5.65. The van der Waals surface area contributed by atoms with Crippen LogP contribution in [0, 0.1) is 0 Å². The largest absolute Gasteiger partial charge is 0.455 e. The molecule has 6 aromatic carbocycles. The average Bonchev–Trinajstić information content (AvgIpc) is 3.85. The molecule has 9 aromatic rings. The topological polar surface area (TPSA) is 51.8 Å². The molecule has 0 aliphatic rings. The Labute approximate surface area is 282 Å². The normalized spacial score (nSPS) is 17.4. The number of furan rings is 1. The summed E-state index contributed by atoms with van der Waals surface area (Å²) in [6.45, 7) is 0. The Morgan fingerprint density at radius 3 is 2.09 bits per heavy atom. The maximum Gasteiger partial charge on any atom is 0.165 e. The van der Waals surface area contributed by atoms with Gasteiger partial charge < -0.3 is 4.42 Å². The minimum atomic E-state index is -0.768. The maximum atomic E-state index is 9.45. The Kier molecular flexibility index (Phi) is 2.93. The van der Waals surface area contributed by atoms with E-state index < -0.39 is 131 Å². The van der Waals surface area contributed by atoms with Crippen LogP contribution >= 0.6 is 11.3 Å². The van der Waals surface area contributed by atoms with Crippen LogP contribution in [0.4, 0.5) is 0 Å². The third kappa shape index (κ3) is 4.02. The van der Waals surface area contributed by atoms with Crippen molar-refractivity contribution < 1.29 is 29.1 Å². The molecular formula is C39H23N3OS. The molecule has 0 saturated heterocycles. The van der Waals surface area contributed by atoms with Crippen molar-refractivity contribution in [3.8, 4) is 45.3 Å². The Balaban J connectivity index is 1.44. The fraction of sp³-hybridized carbons (Fsp3) is 0. The second-order valence-electron chi connectivity index (χ2n) is 9.44. The molecule has 0 fully saturated rings. The van der Waals surface area contributed by atoms with E-state index in [1.54, 1.807) is 30.3 Å². The second kappa shape index (κ2) is 9.97. The number of hydrogen-bond donors (Lipinski definition) is 0. The number of aromatic nitrogens is 3. The standard InChI is InChI=1S/C39H23N3OS/c1-3-11-24(12-4-1)27-16-9-17-30-28-22-21-26(23-33(28)43-35(27)30)38-40-37(25-13-5-2-6-14-25)41-39(42-38)32-19-10-18-31-29-15-7-8-20-34(29)44-36(31)32/h1-23H/i2D,5D,6D,7D,8D,9D,10D,13D,14D,15D,16D,17D,18D,19D,20D,21D,22D,23D. The van der Waals surface area contributed by atoms with E-state index in [0.29, 0.717) is 5.56 Å². The molecule has 0 N–H and O–H groups in total. The summed E-state index contributed by atoms with van der Waals surface area (Å²) in [7, 11) is 0. The molecule has 206 valence electrons. The number of rotatable bonds is 4. The van der Waals surface area contributed by atoms with Crippen LogP contribution < -0.4 is 0 Å². The van der Waals surface area contributed by atoms with Crippen molar-refractivity contribution in [2.45, 2.75) is 0 Å². The van der Waals surface area contributed by atoms with Gasteiger partial charge in [-0.15, -0.1) is 11.3 Å². The molecule has 5 heteroatoms. The summed E-state index contributed by atoms with van der Waals surface area (Å²) in [5, 5.41) is -0.544. The third-order valence-corrected chi connectivity index (χ3v) is 7.99. The Bertz CT molecular complexity index is 3490. The molecule has 3 aromatic heterocycles. The zero-order valence-corrected chi connectivity index (χ0v) is 22.9. The van der Waals surface area contributed by atoms with E-state index in [4.69, 9.17) is 25.0 Å². The molecule has 0 aliphatic carbocycles. The van der Waals surface area contributed by atoms with Gasteiger partial charge in [-0.25, -0.2) is 15.0 Å². The van der Waals surface area contributed by atoms with Crippen LogP contribution in [0.1, 0.15) is 24.7 Å². The van der Waals surface area contributed by atoms with Gasteiger partial charge in [-0.3, -0.25) is 0 Å². The summed E-state index contributed by atoms with van der Waals surface area (Å²) < 4.78 is 163. The van der Waals surface area contributed by atoms with Crippen molar-refractivity contribution >= 4 is 53.4 Å². The average molecular weight is 600 g/mol. The quantitative estimate of drug-likeness (QED) is 0.202. The minimum absolute atomic E-state index is 0.0164. The third-order valence-electron chi connectivity index (χ3n) is 6.87. The van der Waals surface area contributed by atoms with Crippen LogP contribution in [0.3, 0.4) is 0 Å². The van der Waals surface area contributed by atoms with Crippen molar-refractivity contribution in [3.05, 3.63) is 139 Å². The lowest BCUT2D eigenvalue weighted by molar-refractivity contribution is 0.670. The molecule has 0 saturated carbocycles. The van der Waals surface area contributed by atoms with Gasteiger partial charge in [0.15, 0.2) is 17.5 Å². The molecule has 0 unspecified atom stereocenters. The lowest BCUT2D eigenvalue weighted by Gasteiger charge is -2.09. The predicted molar refractivity (Wildman–Crippen MR) is 182 cm³/mol. The number of thiophene rings is 1. The van der Waals surface area contributed by atoms with Gasteiger partial charge in [-0.05, 0) is 29.7 Å². The number of fused-ring (bicyclic) bond motifs is 6. The van der Waals surface area contributed by atoms with Crippen LogP contribution in [0.15, 0.2) is 144 Å². The van der Waals surface area contributed by atoms with E-state index in [1.807, 2.05) is 0 Å². The van der Waals surface area contributed by atoms with Crippen molar-refractivity contribution in [3.63, 3.8) is 0 Å². The fourth-order valence-corrected chi connectivity index (χ4v) is 5.96. The molecule has 0 amide bonds. The van der Waals surface area contributed by atoms with Crippen LogP contribution in [-0.4, -0.2) is 15.0 Å². The summed E-state index contributed by atoms with van der Waals surface area (Å²) >= 11 is 0.755. The van der Waals surface area contributed by atoms with Crippen molar-refractivity contribution in [2.75, 3.05) is 0 Å². The van der Waals surface area contributed by atoms with Crippen LogP contribution in [0.25, 0.3) is 87.4 Å². The van der Waals surface area contributed by atoms with Crippen molar-refractivity contribution in [2.24, 2.45) is 0 Å². The zero-order chi connectivity index (χ0) is 44.7. The van der Waals surface area contributed by atoms with Gasteiger partial charge in [0, 0.05) is 53.2 Å². The predicted octanol–water partition coefficient (Wildman–Crippen LogP) is 10.8. The van der Waals surface area contributed by atoms with Crippen molar-refractivity contribution in [1.29, 1.82) is 0 Å². The van der Waals surface area contributed by atoms with Gasteiger partial charge >= 0.3 is 0 Å². The Morgan fingerprint density at radius 1 is 0.523 bits per heavy atom. The summed E-state index contributed by atoms with van der Waals surface area (Å²) in [5.74, 6) is -1.75. The van der Waals surface area contributed by atoms with E-state index in [1.165, 1.54) is 0 Å². The lowest BCUT2D eigenvalue weighted by Crippen LogP contribution is -2.00. The maximum absolute atomic E-state index is 9.45. The second-order valence-corrected chi connectivity index (χ2v) is 10.5. The molecule has 0 atom stereocenters. The highest BCUT2D eigenvalue weighted by atomic mass is 32.1. The zero-order valence-electron chi connectivity index (χ0n) is 40.0. The number of hydrogen-bond acceptors (Lipinski definition) is 5. The smallest absolute Gasteiger partial charge is 0.165 e. The van der Waals surface area contributed by atoms with Crippen LogP contribution in [-0.2, 0) is 0 Å². The summed E-state index contributed by atoms with van der Waals surface area (Å²) in [5.41, 5.74) is -1.32. The van der Waals surface area contributed by atoms with E-state index in [-0.39, 0.29) is 59.3 Å². The van der Waals surface area contributed by atoms with Crippen LogP contribution in [0.2, 0.25) is 0 Å². The highest BCUT2D eigenvalue weighted by Crippen LogP contribution is 2.40. The van der Waals surface area contributed by atoms with Gasteiger partial charge in [0.2, 0.25) is 0 Å². The molecule has 4 nitrogen and oxygen atoms in total. The summed E-state index contributed by atoms with van der Waals surface area (Å²) in [6, 6.07) is -2.74. The van der Waals surface area contributed by atoms with Gasteiger partial charge in [0.1, 0.15) is 11.2 Å². The number of nitrogens with zero attached hydrogens (tertiary/aromatic N) is 3.